The van der Waals surface area contributed by atoms with Gasteiger partial charge in [0.15, 0.2) is 6.20 Å². The molecule has 0 unspecified atom stereocenters. The average Bonchev–Trinajstić information content (AvgIpc) is 2.38. The number of nitrogens with zero attached hydrogens (tertiary/aromatic N) is 2. The molecule has 0 saturated heterocycles. The normalized spacial score (nSPS) is 11.1. The van der Waals surface area contributed by atoms with Crippen molar-refractivity contribution in [3.8, 4) is 0 Å². The highest BCUT2D eigenvalue weighted by atomic mass is 79.9. The molecule has 1 rings (SSSR count). The molecule has 122 valence electrons. The van der Waals surface area contributed by atoms with Crippen molar-refractivity contribution >= 4 is 0 Å². The molecule has 0 aliphatic heterocycles. The van der Waals surface area contributed by atoms with Gasteiger partial charge < -0.3 is 17.0 Å². The Hall–Kier alpha value is -0.570. The monoisotopic (exact) mass is 356 g/mol. The van der Waals surface area contributed by atoms with E-state index in [9.17, 15) is 0 Å². The van der Waals surface area contributed by atoms with E-state index >= 15 is 0 Å². The predicted molar refractivity (Wildman–Crippen MR) is 87.6 cm³/mol. The van der Waals surface area contributed by atoms with Crippen LogP contribution in [0.4, 0.5) is 0 Å². The van der Waals surface area contributed by atoms with Gasteiger partial charge in [-0.25, -0.2) is 0 Å². The van der Waals surface area contributed by atoms with E-state index in [1.165, 1.54) is 31.4 Å². The van der Waals surface area contributed by atoms with Crippen molar-refractivity contribution in [1.82, 2.24) is 0 Å². The maximum Gasteiger partial charge on any atom is 0.212 e. The zero-order chi connectivity index (χ0) is 15.0. The number of hydrogen-bond donors (Lipinski definition) is 0. The SMILES string of the molecule is CCCCN(CCCC)[n+]1ccccc1CC(C)(C)C.[Br-]. The summed E-state index contributed by atoms with van der Waals surface area (Å²) in [6.07, 6.45) is 8.38. The van der Waals surface area contributed by atoms with Crippen LogP contribution in [0, 0.1) is 5.41 Å². The van der Waals surface area contributed by atoms with Gasteiger partial charge in [0.2, 0.25) is 5.69 Å². The summed E-state index contributed by atoms with van der Waals surface area (Å²) in [4.78, 5) is 0. The zero-order valence-electron chi connectivity index (χ0n) is 14.5. The maximum atomic E-state index is 2.52. The number of rotatable bonds is 8. The Kier molecular flexibility index (Phi) is 9.93. The Balaban J connectivity index is 0.00000400. The molecule has 0 aliphatic rings. The van der Waals surface area contributed by atoms with Crippen LogP contribution in [0.25, 0.3) is 0 Å². The first kappa shape index (κ1) is 20.4. The molecule has 1 aromatic heterocycles. The fourth-order valence-corrected chi connectivity index (χ4v) is 2.44. The van der Waals surface area contributed by atoms with E-state index < -0.39 is 0 Å². The van der Waals surface area contributed by atoms with E-state index in [0.29, 0.717) is 5.41 Å². The van der Waals surface area contributed by atoms with Gasteiger partial charge in [-0.1, -0.05) is 52.1 Å². The smallest absolute Gasteiger partial charge is 0.212 e. The summed E-state index contributed by atoms with van der Waals surface area (Å²) in [6, 6.07) is 6.59. The molecule has 0 radical (unpaired) electrons. The molecule has 0 aliphatic carbocycles. The van der Waals surface area contributed by atoms with E-state index in [-0.39, 0.29) is 17.0 Å². The van der Waals surface area contributed by atoms with Crippen LogP contribution in [0.1, 0.15) is 66.0 Å². The van der Waals surface area contributed by atoms with Gasteiger partial charge in [0.25, 0.3) is 0 Å². The molecule has 1 aromatic rings. The van der Waals surface area contributed by atoms with Crippen molar-refractivity contribution in [3.63, 3.8) is 0 Å². The minimum absolute atomic E-state index is 0. The second-order valence-corrected chi connectivity index (χ2v) is 6.93. The second kappa shape index (κ2) is 10.2. The lowest BCUT2D eigenvalue weighted by molar-refractivity contribution is -0.701. The summed E-state index contributed by atoms with van der Waals surface area (Å²) in [7, 11) is 0. The fraction of sp³-hybridized carbons (Fsp3) is 0.722. The lowest BCUT2D eigenvalue weighted by atomic mass is 9.90. The summed E-state index contributed by atoms with van der Waals surface area (Å²) >= 11 is 0. The Morgan fingerprint density at radius 2 is 1.57 bits per heavy atom. The number of unbranched alkanes of at least 4 members (excludes halogenated alkanes) is 2. The third kappa shape index (κ3) is 7.85. The highest BCUT2D eigenvalue weighted by molar-refractivity contribution is 5.00. The van der Waals surface area contributed by atoms with E-state index in [1.807, 2.05) is 0 Å². The van der Waals surface area contributed by atoms with E-state index in [0.717, 1.165) is 19.5 Å². The van der Waals surface area contributed by atoms with Crippen molar-refractivity contribution in [2.24, 2.45) is 5.41 Å². The van der Waals surface area contributed by atoms with Crippen LogP contribution in [-0.4, -0.2) is 13.1 Å². The first-order valence-electron chi connectivity index (χ1n) is 8.22. The van der Waals surface area contributed by atoms with Gasteiger partial charge in [-0.3, -0.25) is 0 Å². The molecule has 0 fully saturated rings. The Morgan fingerprint density at radius 1 is 1.00 bits per heavy atom. The van der Waals surface area contributed by atoms with Crippen molar-refractivity contribution in [3.05, 3.63) is 30.1 Å². The summed E-state index contributed by atoms with van der Waals surface area (Å²) < 4.78 is 2.40. The van der Waals surface area contributed by atoms with Gasteiger partial charge in [-0.15, -0.1) is 0 Å². The maximum absolute atomic E-state index is 2.52. The standard InChI is InChI=1S/C18H33N2.BrH/c1-6-8-13-19(14-9-7-2)20-15-11-10-12-17(20)16-18(3,4)5;/h10-12,15H,6-9,13-14,16H2,1-5H3;1H/q+1;/p-1. The Morgan fingerprint density at radius 3 is 2.05 bits per heavy atom. The Labute approximate surface area is 142 Å². The van der Waals surface area contributed by atoms with E-state index in [2.05, 4.69) is 68.7 Å². The zero-order valence-corrected chi connectivity index (χ0v) is 16.1. The van der Waals surface area contributed by atoms with Gasteiger partial charge in [0.1, 0.15) is 0 Å². The summed E-state index contributed by atoms with van der Waals surface area (Å²) in [6.45, 7) is 13.8. The van der Waals surface area contributed by atoms with Crippen molar-refractivity contribution in [2.45, 2.75) is 66.7 Å². The largest absolute Gasteiger partial charge is 1.00 e. The van der Waals surface area contributed by atoms with Crippen molar-refractivity contribution < 1.29 is 21.7 Å². The third-order valence-corrected chi connectivity index (χ3v) is 3.48. The van der Waals surface area contributed by atoms with Crippen molar-refractivity contribution in [1.29, 1.82) is 0 Å². The second-order valence-electron chi connectivity index (χ2n) is 6.93. The van der Waals surface area contributed by atoms with Gasteiger partial charge in [-0.2, -0.15) is 5.01 Å². The molecule has 2 nitrogen and oxygen atoms in total. The first-order valence-corrected chi connectivity index (χ1v) is 8.22. The molecule has 0 aromatic carbocycles. The Bertz CT molecular complexity index is 377. The fourth-order valence-electron chi connectivity index (χ4n) is 2.44. The quantitative estimate of drug-likeness (QED) is 0.632. The number of pyridine rings is 1. The van der Waals surface area contributed by atoms with Crippen LogP contribution in [0.15, 0.2) is 24.4 Å². The molecule has 0 spiro atoms. The highest BCUT2D eigenvalue weighted by Crippen LogP contribution is 2.18. The number of aromatic nitrogens is 1. The van der Waals surface area contributed by atoms with Crippen LogP contribution in [0.2, 0.25) is 0 Å². The van der Waals surface area contributed by atoms with Crippen LogP contribution in [0.5, 0.6) is 0 Å². The topological polar surface area (TPSA) is 7.12 Å². The van der Waals surface area contributed by atoms with Crippen LogP contribution in [0.3, 0.4) is 0 Å². The van der Waals surface area contributed by atoms with E-state index in [4.69, 9.17) is 0 Å². The van der Waals surface area contributed by atoms with Gasteiger partial charge in [0, 0.05) is 18.6 Å². The lowest BCUT2D eigenvalue weighted by Crippen LogP contribution is -3.00. The number of halogens is 1. The molecule has 1 heterocycles. The van der Waals surface area contributed by atoms with Crippen LogP contribution in [-0.2, 0) is 6.42 Å². The third-order valence-electron chi connectivity index (χ3n) is 3.48. The van der Waals surface area contributed by atoms with Crippen LogP contribution >= 0.6 is 0 Å². The molecular formula is C18H33BrN2. The average molecular weight is 357 g/mol. The van der Waals surface area contributed by atoms with E-state index in [1.54, 1.807) is 0 Å². The molecule has 3 heteroatoms. The van der Waals surface area contributed by atoms with Gasteiger partial charge in [0.05, 0.1) is 13.1 Å². The molecule has 0 saturated carbocycles. The lowest BCUT2D eigenvalue weighted by Gasteiger charge is -2.22. The van der Waals surface area contributed by atoms with Crippen LogP contribution < -0.4 is 26.7 Å². The van der Waals surface area contributed by atoms with Gasteiger partial charge >= 0.3 is 0 Å². The summed E-state index contributed by atoms with van der Waals surface area (Å²) in [5.74, 6) is 0. The predicted octanol–water partition coefficient (Wildman–Crippen LogP) is 1.10. The molecule has 0 amide bonds. The molecule has 0 N–H and O–H groups in total. The molecule has 0 bridgehead atoms. The number of hydrogen-bond acceptors (Lipinski definition) is 1. The van der Waals surface area contributed by atoms with Gasteiger partial charge in [-0.05, 0) is 24.3 Å². The summed E-state index contributed by atoms with van der Waals surface area (Å²) in [5, 5.41) is 2.52. The molecular weight excluding hydrogens is 324 g/mol. The highest BCUT2D eigenvalue weighted by Gasteiger charge is 2.22. The minimum atomic E-state index is 0. The van der Waals surface area contributed by atoms with Crippen molar-refractivity contribution in [2.75, 3.05) is 18.1 Å². The summed E-state index contributed by atoms with van der Waals surface area (Å²) in [5.41, 5.74) is 1.75. The first-order chi connectivity index (χ1) is 9.48. The minimum Gasteiger partial charge on any atom is -1.00 e. The molecule has 21 heavy (non-hydrogen) atoms. The molecule has 0 atom stereocenters.